The molecule has 0 aliphatic rings. The Labute approximate surface area is 101 Å². The first-order chi connectivity index (χ1) is 8.65. The first-order valence-corrected chi connectivity index (χ1v) is 5.17. The number of aryl methyl sites for hydroxylation is 1. The highest BCUT2D eigenvalue weighted by Crippen LogP contribution is 2.19. The van der Waals surface area contributed by atoms with Crippen molar-refractivity contribution in [1.82, 2.24) is 19.6 Å². The summed E-state index contributed by atoms with van der Waals surface area (Å²) in [5, 5.41) is 13.2. The Hall–Kier alpha value is -2.70. The van der Waals surface area contributed by atoms with Gasteiger partial charge < -0.3 is 9.52 Å². The third-order valence-electron chi connectivity index (χ3n) is 2.41. The van der Waals surface area contributed by atoms with Gasteiger partial charge in [0.15, 0.2) is 11.5 Å². The van der Waals surface area contributed by atoms with E-state index in [1.165, 1.54) is 16.8 Å². The molecule has 0 atom stereocenters. The van der Waals surface area contributed by atoms with Crippen molar-refractivity contribution >= 4 is 11.7 Å². The van der Waals surface area contributed by atoms with Crippen LogP contribution in [0.1, 0.15) is 16.3 Å². The van der Waals surface area contributed by atoms with Crippen LogP contribution >= 0.6 is 0 Å². The molecule has 18 heavy (non-hydrogen) atoms. The van der Waals surface area contributed by atoms with Crippen molar-refractivity contribution in [2.75, 3.05) is 0 Å². The largest absolute Gasteiger partial charge is 0.477 e. The lowest BCUT2D eigenvalue weighted by Gasteiger charge is -2.01. The van der Waals surface area contributed by atoms with E-state index in [2.05, 4.69) is 15.1 Å². The molecule has 0 radical (unpaired) electrons. The highest BCUT2D eigenvalue weighted by atomic mass is 16.4. The maximum absolute atomic E-state index is 11.2. The van der Waals surface area contributed by atoms with E-state index in [9.17, 15) is 4.79 Å². The summed E-state index contributed by atoms with van der Waals surface area (Å²) in [7, 11) is 0. The summed E-state index contributed by atoms with van der Waals surface area (Å²) in [5.41, 5.74) is 0.407. The molecule has 0 aliphatic carbocycles. The van der Waals surface area contributed by atoms with E-state index in [1.807, 2.05) is 0 Å². The number of rotatable bonds is 2. The summed E-state index contributed by atoms with van der Waals surface area (Å²) < 4.78 is 6.40. The monoisotopic (exact) mass is 244 g/mol. The standard InChI is InChI=1S/C11H8N4O3/c1-6-12-11-13-7(9-3-2-4-18-9)5-8(10(16)17)15(11)14-6/h2-5H,1H3,(H,16,17). The zero-order chi connectivity index (χ0) is 12.7. The van der Waals surface area contributed by atoms with E-state index >= 15 is 0 Å². The Bertz CT molecular complexity index is 730. The van der Waals surface area contributed by atoms with Gasteiger partial charge in [-0.25, -0.2) is 9.78 Å². The summed E-state index contributed by atoms with van der Waals surface area (Å²) in [5.74, 6) is 0.0844. The molecule has 3 aromatic heterocycles. The van der Waals surface area contributed by atoms with E-state index in [4.69, 9.17) is 9.52 Å². The van der Waals surface area contributed by atoms with Gasteiger partial charge in [0, 0.05) is 6.07 Å². The second-order valence-electron chi connectivity index (χ2n) is 3.68. The minimum Gasteiger partial charge on any atom is -0.477 e. The number of carboxylic acids is 1. The van der Waals surface area contributed by atoms with Crippen LogP contribution in [0.2, 0.25) is 0 Å². The predicted octanol–water partition coefficient (Wildman–Crippen LogP) is 1.39. The van der Waals surface area contributed by atoms with Crippen LogP contribution in [0.25, 0.3) is 17.2 Å². The van der Waals surface area contributed by atoms with Crippen LogP contribution < -0.4 is 0 Å². The lowest BCUT2D eigenvalue weighted by atomic mass is 10.2. The second-order valence-corrected chi connectivity index (χ2v) is 3.68. The number of carbonyl (C=O) groups is 1. The van der Waals surface area contributed by atoms with E-state index in [1.54, 1.807) is 19.1 Å². The maximum Gasteiger partial charge on any atom is 0.354 e. The summed E-state index contributed by atoms with van der Waals surface area (Å²) in [6.07, 6.45) is 1.50. The molecule has 0 aliphatic heterocycles. The molecule has 0 amide bonds. The first-order valence-electron chi connectivity index (χ1n) is 5.17. The van der Waals surface area contributed by atoms with Crippen LogP contribution in [0.5, 0.6) is 0 Å². The van der Waals surface area contributed by atoms with Crippen molar-refractivity contribution in [2.45, 2.75) is 6.92 Å². The van der Waals surface area contributed by atoms with Gasteiger partial charge in [0.2, 0.25) is 0 Å². The number of fused-ring (bicyclic) bond motifs is 1. The average Bonchev–Trinajstić information content (AvgIpc) is 2.93. The van der Waals surface area contributed by atoms with Crippen LogP contribution in [0.3, 0.4) is 0 Å². The van der Waals surface area contributed by atoms with Crippen LogP contribution in [0, 0.1) is 6.92 Å². The molecule has 3 rings (SSSR count). The van der Waals surface area contributed by atoms with Crippen molar-refractivity contribution in [3.63, 3.8) is 0 Å². The summed E-state index contributed by atoms with van der Waals surface area (Å²) in [6, 6.07) is 4.81. The molecular weight excluding hydrogens is 236 g/mol. The first kappa shape index (κ1) is 10.5. The van der Waals surface area contributed by atoms with E-state index in [-0.39, 0.29) is 11.5 Å². The van der Waals surface area contributed by atoms with Crippen LogP contribution in [0.15, 0.2) is 28.9 Å². The molecule has 90 valence electrons. The number of hydrogen-bond acceptors (Lipinski definition) is 5. The molecular formula is C11H8N4O3. The Kier molecular flexibility index (Phi) is 2.12. The quantitative estimate of drug-likeness (QED) is 0.732. The smallest absolute Gasteiger partial charge is 0.354 e. The van der Waals surface area contributed by atoms with Gasteiger partial charge in [-0.1, -0.05) is 0 Å². The third-order valence-corrected chi connectivity index (χ3v) is 2.41. The molecule has 7 heteroatoms. The molecule has 0 fully saturated rings. The molecule has 0 saturated carbocycles. The summed E-state index contributed by atoms with van der Waals surface area (Å²) in [4.78, 5) is 19.5. The third kappa shape index (κ3) is 1.53. The normalized spacial score (nSPS) is 10.9. The lowest BCUT2D eigenvalue weighted by Crippen LogP contribution is -2.08. The van der Waals surface area contributed by atoms with Crippen LogP contribution in [0.4, 0.5) is 0 Å². The van der Waals surface area contributed by atoms with E-state index in [0.29, 0.717) is 17.3 Å². The highest BCUT2D eigenvalue weighted by molar-refractivity contribution is 5.87. The molecule has 0 spiro atoms. The van der Waals surface area contributed by atoms with Crippen molar-refractivity contribution in [1.29, 1.82) is 0 Å². The molecule has 3 aromatic rings. The average molecular weight is 244 g/mol. The fourth-order valence-electron chi connectivity index (χ4n) is 1.67. The molecule has 1 N–H and O–H groups in total. The van der Waals surface area contributed by atoms with Gasteiger partial charge in [0.05, 0.1) is 6.26 Å². The van der Waals surface area contributed by atoms with Gasteiger partial charge in [0.1, 0.15) is 11.5 Å². The van der Waals surface area contributed by atoms with Crippen LogP contribution in [-0.4, -0.2) is 30.7 Å². The Morgan fingerprint density at radius 3 is 2.94 bits per heavy atom. The molecule has 0 saturated heterocycles. The van der Waals surface area contributed by atoms with Gasteiger partial charge in [-0.15, -0.1) is 5.10 Å². The Morgan fingerprint density at radius 2 is 2.28 bits per heavy atom. The van der Waals surface area contributed by atoms with Crippen molar-refractivity contribution in [3.05, 3.63) is 36.0 Å². The number of aromatic carboxylic acids is 1. The van der Waals surface area contributed by atoms with Crippen LogP contribution in [-0.2, 0) is 0 Å². The number of hydrogen-bond donors (Lipinski definition) is 1. The Morgan fingerprint density at radius 1 is 1.44 bits per heavy atom. The topological polar surface area (TPSA) is 93.5 Å². The van der Waals surface area contributed by atoms with E-state index in [0.717, 1.165) is 0 Å². The Balaban J connectivity index is 2.33. The van der Waals surface area contributed by atoms with Gasteiger partial charge >= 0.3 is 5.97 Å². The van der Waals surface area contributed by atoms with Crippen molar-refractivity contribution in [3.8, 4) is 11.5 Å². The zero-order valence-corrected chi connectivity index (χ0v) is 9.36. The van der Waals surface area contributed by atoms with Gasteiger partial charge in [-0.05, 0) is 19.1 Å². The minimum atomic E-state index is -1.10. The van der Waals surface area contributed by atoms with Gasteiger partial charge in [-0.2, -0.15) is 9.50 Å². The number of aromatic nitrogens is 4. The molecule has 0 aromatic carbocycles. The minimum absolute atomic E-state index is 0.00741. The maximum atomic E-state index is 11.2. The highest BCUT2D eigenvalue weighted by Gasteiger charge is 2.16. The van der Waals surface area contributed by atoms with E-state index < -0.39 is 5.97 Å². The molecule has 7 nitrogen and oxygen atoms in total. The van der Waals surface area contributed by atoms with Crippen molar-refractivity contribution < 1.29 is 14.3 Å². The fourth-order valence-corrected chi connectivity index (χ4v) is 1.67. The fraction of sp³-hybridized carbons (Fsp3) is 0.0909. The zero-order valence-electron chi connectivity index (χ0n) is 9.36. The number of nitrogens with zero attached hydrogens (tertiary/aromatic N) is 4. The second kappa shape index (κ2) is 3.66. The van der Waals surface area contributed by atoms with Gasteiger partial charge in [-0.3, -0.25) is 0 Å². The predicted molar refractivity (Wildman–Crippen MR) is 60.2 cm³/mol. The summed E-state index contributed by atoms with van der Waals surface area (Å²) in [6.45, 7) is 1.67. The molecule has 0 bridgehead atoms. The summed E-state index contributed by atoms with van der Waals surface area (Å²) >= 11 is 0. The number of carboxylic acid groups (broad SMARTS) is 1. The SMILES string of the molecule is Cc1nc2nc(-c3ccco3)cc(C(=O)O)n2n1. The molecule has 3 heterocycles. The lowest BCUT2D eigenvalue weighted by molar-refractivity contribution is 0.0687. The molecule has 0 unspecified atom stereocenters. The van der Waals surface area contributed by atoms with Crippen molar-refractivity contribution in [2.24, 2.45) is 0 Å². The number of furan rings is 1. The van der Waals surface area contributed by atoms with Gasteiger partial charge in [0.25, 0.3) is 5.78 Å².